The van der Waals surface area contributed by atoms with E-state index >= 15 is 0 Å². The molecule has 11 aromatic rings. The second kappa shape index (κ2) is 15.1. The normalized spacial score (nSPS) is 12.0. The molecule has 0 unspecified atom stereocenters. The number of benzene rings is 9. The Kier molecular flexibility index (Phi) is 9.09. The summed E-state index contributed by atoms with van der Waals surface area (Å²) in [6, 6.07) is 73.0. The van der Waals surface area contributed by atoms with E-state index in [4.69, 9.17) is 0 Å². The van der Waals surface area contributed by atoms with E-state index in [1.807, 2.05) is 0 Å². The average Bonchev–Trinajstić information content (AvgIpc) is 3.86. The fourth-order valence-corrected chi connectivity index (χ4v) is 9.27. The van der Waals surface area contributed by atoms with Gasteiger partial charge in [-0.15, -0.1) is 0 Å². The number of aromatic amines is 2. The molecular weight excluding hydrogens is 749 g/mol. The molecule has 0 fully saturated rings. The maximum atomic E-state index is 3.98. The summed E-state index contributed by atoms with van der Waals surface area (Å²) in [4.78, 5) is 7.89. The van der Waals surface area contributed by atoms with Crippen LogP contribution in [0.1, 0.15) is 37.5 Å². The molecule has 2 aromatic heterocycles. The largest absolute Gasteiger partial charge is 0.353 e. The van der Waals surface area contributed by atoms with Crippen LogP contribution in [-0.2, 0) is 5.41 Å². The summed E-state index contributed by atoms with van der Waals surface area (Å²) in [6.45, 7) is 6.77. The Morgan fingerprint density at radius 1 is 0.355 bits per heavy atom. The predicted octanol–water partition coefficient (Wildman–Crippen LogP) is 16.8. The minimum Gasteiger partial charge on any atom is -0.353 e. The van der Waals surface area contributed by atoms with Gasteiger partial charge in [-0.2, -0.15) is 0 Å². The van der Waals surface area contributed by atoms with E-state index in [1.54, 1.807) is 0 Å². The number of rotatable bonds is 7. The van der Waals surface area contributed by atoms with Gasteiger partial charge in [0.2, 0.25) is 0 Å². The molecular formula is C60H46N2. The van der Waals surface area contributed by atoms with Gasteiger partial charge in [0, 0.05) is 21.9 Å². The van der Waals surface area contributed by atoms with Crippen molar-refractivity contribution in [3.63, 3.8) is 0 Å². The Bertz CT molecular complexity index is 3440. The van der Waals surface area contributed by atoms with Crippen molar-refractivity contribution in [2.45, 2.75) is 26.2 Å². The first-order valence-corrected chi connectivity index (χ1v) is 21.6. The lowest BCUT2D eigenvalue weighted by Gasteiger charge is -2.18. The van der Waals surface area contributed by atoms with Crippen molar-refractivity contribution in [3.05, 3.63) is 217 Å². The fraction of sp³-hybridized carbons (Fsp3) is 0.0667. The van der Waals surface area contributed by atoms with Gasteiger partial charge in [-0.3, -0.25) is 0 Å². The lowest BCUT2D eigenvalue weighted by Crippen LogP contribution is -2.10. The second-order valence-corrected chi connectivity index (χ2v) is 17.5. The average molecular weight is 795 g/mol. The van der Waals surface area contributed by atoms with Gasteiger partial charge in [-0.25, -0.2) is 0 Å². The van der Waals surface area contributed by atoms with Crippen LogP contribution < -0.4 is 0 Å². The highest BCUT2D eigenvalue weighted by molar-refractivity contribution is 6.22. The van der Waals surface area contributed by atoms with Crippen molar-refractivity contribution in [2.75, 3.05) is 0 Å². The van der Waals surface area contributed by atoms with Crippen molar-refractivity contribution in [1.82, 2.24) is 9.97 Å². The third-order valence-electron chi connectivity index (χ3n) is 12.5. The minimum absolute atomic E-state index is 0.136. The van der Waals surface area contributed by atoms with Gasteiger partial charge in [0.25, 0.3) is 0 Å². The number of hydrogen-bond acceptors (Lipinski definition) is 0. The van der Waals surface area contributed by atoms with Gasteiger partial charge in [0.1, 0.15) is 0 Å². The number of hydrogen-bond donors (Lipinski definition) is 2. The molecule has 0 saturated carbocycles. The number of nitrogens with one attached hydrogen (secondary N) is 2. The number of aromatic nitrogens is 2. The van der Waals surface area contributed by atoms with E-state index < -0.39 is 0 Å². The van der Waals surface area contributed by atoms with Crippen LogP contribution in [0.4, 0.5) is 0 Å². The molecule has 2 nitrogen and oxygen atoms in total. The summed E-state index contributed by atoms with van der Waals surface area (Å²) in [5.74, 6) is 0. The summed E-state index contributed by atoms with van der Waals surface area (Å²) >= 11 is 0. The third-order valence-corrected chi connectivity index (χ3v) is 12.5. The summed E-state index contributed by atoms with van der Waals surface area (Å²) in [5, 5.41) is 4.87. The molecule has 0 radical (unpaired) electrons. The molecule has 296 valence electrons. The van der Waals surface area contributed by atoms with Crippen LogP contribution in [-0.4, -0.2) is 9.97 Å². The molecule has 2 N–H and O–H groups in total. The van der Waals surface area contributed by atoms with E-state index in [0.717, 1.165) is 27.6 Å². The van der Waals surface area contributed by atoms with Crippen molar-refractivity contribution in [2.24, 2.45) is 0 Å². The summed E-state index contributed by atoms with van der Waals surface area (Å²) < 4.78 is 0. The molecule has 0 bridgehead atoms. The maximum absolute atomic E-state index is 3.98. The first-order chi connectivity index (χ1) is 30.4. The van der Waals surface area contributed by atoms with Crippen LogP contribution in [0.25, 0.3) is 111 Å². The molecule has 0 amide bonds. The molecule has 9 aromatic carbocycles. The van der Waals surface area contributed by atoms with Crippen LogP contribution in [0, 0.1) is 0 Å². The molecule has 0 aliphatic rings. The highest BCUT2D eigenvalue weighted by Crippen LogP contribution is 2.47. The van der Waals surface area contributed by atoms with Gasteiger partial charge < -0.3 is 9.97 Å². The molecule has 2 heteroatoms. The topological polar surface area (TPSA) is 31.6 Å². The molecule has 62 heavy (non-hydrogen) atoms. The van der Waals surface area contributed by atoms with Gasteiger partial charge in [-0.1, -0.05) is 215 Å². The SMILES string of the molecule is CC(C)(C)c1ccc(C=Cc2ccc(-c3c(-c4ccccc4)cc4c([nH]c5c6ccc(-c7cccc(-c8cccc9ccccc89)c7)cc6[nH]c45)c3-c3ccccc3)cc2)cc1. The lowest BCUT2D eigenvalue weighted by molar-refractivity contribution is 0.590. The van der Waals surface area contributed by atoms with E-state index in [-0.39, 0.29) is 5.41 Å². The molecule has 0 saturated heterocycles. The summed E-state index contributed by atoms with van der Waals surface area (Å²) in [7, 11) is 0. The van der Waals surface area contributed by atoms with E-state index in [0.29, 0.717) is 0 Å². The standard InChI is InChI=1S/C60H46N2/c1-60(2,3)48-33-28-40(29-34-48)25-24-39-26-30-44(31-27-39)55-52(42-14-6-4-7-15-42)38-53-57(56(55)43-17-8-5-9-18-43)62-58-51-35-32-46(37-54(51)61-59(53)58)45-20-12-21-47(36-45)50-23-13-19-41-16-10-11-22-49(41)50/h4-38,61-62H,1-3H3. The predicted molar refractivity (Wildman–Crippen MR) is 266 cm³/mol. The van der Waals surface area contributed by atoms with Gasteiger partial charge >= 0.3 is 0 Å². The van der Waals surface area contributed by atoms with Crippen LogP contribution in [0.3, 0.4) is 0 Å². The fourth-order valence-electron chi connectivity index (χ4n) is 9.27. The van der Waals surface area contributed by atoms with Crippen LogP contribution in [0.2, 0.25) is 0 Å². The smallest absolute Gasteiger partial charge is 0.0725 e. The van der Waals surface area contributed by atoms with E-state index in [2.05, 4.69) is 243 Å². The zero-order valence-corrected chi connectivity index (χ0v) is 35.2. The van der Waals surface area contributed by atoms with Gasteiger partial charge in [0.05, 0.1) is 16.6 Å². The van der Waals surface area contributed by atoms with Gasteiger partial charge in [-0.05, 0) is 101 Å². The van der Waals surface area contributed by atoms with Crippen LogP contribution in [0.15, 0.2) is 200 Å². The van der Waals surface area contributed by atoms with Crippen molar-refractivity contribution < 1.29 is 0 Å². The summed E-state index contributed by atoms with van der Waals surface area (Å²) in [5.41, 5.74) is 20.3. The summed E-state index contributed by atoms with van der Waals surface area (Å²) in [6.07, 6.45) is 4.41. The number of H-pyrrole nitrogens is 2. The highest BCUT2D eigenvalue weighted by atomic mass is 14.8. The van der Waals surface area contributed by atoms with Crippen molar-refractivity contribution in [1.29, 1.82) is 0 Å². The lowest BCUT2D eigenvalue weighted by atomic mass is 9.85. The zero-order chi connectivity index (χ0) is 41.8. The van der Waals surface area contributed by atoms with E-state index in [1.165, 1.54) is 88.3 Å². The Morgan fingerprint density at radius 2 is 0.919 bits per heavy atom. The zero-order valence-electron chi connectivity index (χ0n) is 35.2. The Labute approximate surface area is 362 Å². The third kappa shape index (κ3) is 6.71. The highest BCUT2D eigenvalue weighted by Gasteiger charge is 2.23. The molecule has 2 heterocycles. The monoisotopic (exact) mass is 794 g/mol. The minimum atomic E-state index is 0.136. The van der Waals surface area contributed by atoms with Crippen LogP contribution >= 0.6 is 0 Å². The Hall–Kier alpha value is -7.68. The molecule has 0 aliphatic carbocycles. The number of fused-ring (bicyclic) bond motifs is 6. The molecule has 0 aliphatic heterocycles. The molecule has 11 rings (SSSR count). The first-order valence-electron chi connectivity index (χ1n) is 21.6. The molecule has 0 atom stereocenters. The quantitative estimate of drug-likeness (QED) is 0.151. The molecule has 0 spiro atoms. The van der Waals surface area contributed by atoms with Gasteiger partial charge in [0.15, 0.2) is 0 Å². The Morgan fingerprint density at radius 3 is 1.66 bits per heavy atom. The van der Waals surface area contributed by atoms with Crippen LogP contribution in [0.5, 0.6) is 0 Å². The van der Waals surface area contributed by atoms with Crippen molar-refractivity contribution >= 4 is 55.8 Å². The van der Waals surface area contributed by atoms with E-state index in [9.17, 15) is 0 Å². The van der Waals surface area contributed by atoms with Crippen molar-refractivity contribution in [3.8, 4) is 55.6 Å². The second-order valence-electron chi connectivity index (χ2n) is 17.5. The first kappa shape index (κ1) is 37.3. The Balaban J connectivity index is 1.04. The maximum Gasteiger partial charge on any atom is 0.0725 e.